The number of rotatable bonds is 3. The lowest BCUT2D eigenvalue weighted by atomic mass is 10.3. The van der Waals surface area contributed by atoms with Crippen molar-refractivity contribution in [2.45, 2.75) is 13.3 Å². The Bertz CT molecular complexity index is 654. The third kappa shape index (κ3) is 2.97. The van der Waals surface area contributed by atoms with Crippen molar-refractivity contribution >= 4 is 17.3 Å². The maximum atomic E-state index is 10.8. The van der Waals surface area contributed by atoms with E-state index in [0.29, 0.717) is 0 Å². The van der Waals surface area contributed by atoms with Gasteiger partial charge in [0.15, 0.2) is 5.82 Å². The van der Waals surface area contributed by atoms with Crippen LogP contribution in [0.1, 0.15) is 12.1 Å². The number of hydrogen-bond donors (Lipinski definition) is 1. The zero-order valence-corrected chi connectivity index (χ0v) is 12.1. The zero-order chi connectivity index (χ0) is 14.8. The summed E-state index contributed by atoms with van der Waals surface area (Å²) in [6.45, 7) is 5.29. The second-order valence-corrected chi connectivity index (χ2v) is 5.38. The summed E-state index contributed by atoms with van der Waals surface area (Å²) in [7, 11) is 0. The molecule has 0 aliphatic carbocycles. The predicted molar refractivity (Wildman–Crippen MR) is 78.6 cm³/mol. The molecule has 3 rings (SSSR count). The van der Waals surface area contributed by atoms with Gasteiger partial charge < -0.3 is 10.0 Å². The van der Waals surface area contributed by atoms with Crippen LogP contribution in [0.25, 0.3) is 5.52 Å². The van der Waals surface area contributed by atoms with E-state index >= 15 is 0 Å². The zero-order valence-electron chi connectivity index (χ0n) is 12.1. The smallest absolute Gasteiger partial charge is 0.317 e. The molecule has 0 unspecified atom stereocenters. The number of aromatic nitrogens is 3. The summed E-state index contributed by atoms with van der Waals surface area (Å²) in [6, 6.07) is 2.03. The Kier molecular flexibility index (Phi) is 3.74. The first-order valence-corrected chi connectivity index (χ1v) is 7.13. The molecule has 7 nitrogen and oxygen atoms in total. The molecule has 0 atom stereocenters. The van der Waals surface area contributed by atoms with Gasteiger partial charge in [-0.05, 0) is 19.4 Å². The van der Waals surface area contributed by atoms with Crippen LogP contribution in [-0.2, 0) is 4.79 Å². The van der Waals surface area contributed by atoms with Crippen LogP contribution in [0.3, 0.4) is 0 Å². The lowest BCUT2D eigenvalue weighted by molar-refractivity contribution is -0.138. The fourth-order valence-electron chi connectivity index (χ4n) is 2.81. The number of aryl methyl sites for hydroxylation is 1. The summed E-state index contributed by atoms with van der Waals surface area (Å²) in [5.41, 5.74) is 1.97. The third-order valence-electron chi connectivity index (χ3n) is 3.74. The van der Waals surface area contributed by atoms with Crippen molar-refractivity contribution in [3.8, 4) is 0 Å². The summed E-state index contributed by atoms with van der Waals surface area (Å²) in [5.74, 6) is 0.158. The van der Waals surface area contributed by atoms with Crippen molar-refractivity contribution in [2.75, 3.05) is 37.6 Å². The predicted octanol–water partition coefficient (Wildman–Crippen LogP) is 0.634. The van der Waals surface area contributed by atoms with E-state index in [2.05, 4.69) is 15.0 Å². The van der Waals surface area contributed by atoms with Gasteiger partial charge in [-0.1, -0.05) is 0 Å². The minimum atomic E-state index is -0.768. The number of carboxylic acid groups (broad SMARTS) is 1. The topological polar surface area (TPSA) is 74.0 Å². The quantitative estimate of drug-likeness (QED) is 0.893. The van der Waals surface area contributed by atoms with Crippen molar-refractivity contribution < 1.29 is 9.90 Å². The fraction of sp³-hybridized carbons (Fsp3) is 0.500. The standard InChI is InChI=1S/C14H19N5O2/c1-11-9-12-14(15-3-6-19(12)16-11)18-5-2-4-17(7-8-18)10-13(20)21/h3,6,9H,2,4-5,7-8,10H2,1H3,(H,20,21). The molecule has 0 bridgehead atoms. The van der Waals surface area contributed by atoms with Crippen LogP contribution in [-0.4, -0.2) is 63.3 Å². The SMILES string of the molecule is Cc1cc2c(N3CCCN(CC(=O)O)CC3)nccn2n1. The molecule has 0 amide bonds. The van der Waals surface area contributed by atoms with E-state index in [1.807, 2.05) is 28.6 Å². The summed E-state index contributed by atoms with van der Waals surface area (Å²) in [5, 5.41) is 13.3. The van der Waals surface area contributed by atoms with Crippen molar-refractivity contribution in [2.24, 2.45) is 0 Å². The van der Waals surface area contributed by atoms with E-state index in [4.69, 9.17) is 5.11 Å². The number of carbonyl (C=O) groups is 1. The average Bonchev–Trinajstić information content (AvgIpc) is 2.66. The second kappa shape index (κ2) is 5.69. The molecule has 7 heteroatoms. The number of aliphatic carboxylic acids is 1. The highest BCUT2D eigenvalue weighted by atomic mass is 16.4. The number of hydrogen-bond acceptors (Lipinski definition) is 5. The molecule has 1 N–H and O–H groups in total. The number of nitrogens with zero attached hydrogens (tertiary/aromatic N) is 5. The number of carboxylic acids is 1. The molecule has 1 fully saturated rings. The average molecular weight is 289 g/mol. The van der Waals surface area contributed by atoms with Gasteiger partial charge >= 0.3 is 5.97 Å². The van der Waals surface area contributed by atoms with Crippen LogP contribution in [0.5, 0.6) is 0 Å². The highest BCUT2D eigenvalue weighted by Gasteiger charge is 2.19. The molecule has 112 valence electrons. The lowest BCUT2D eigenvalue weighted by Gasteiger charge is -2.22. The third-order valence-corrected chi connectivity index (χ3v) is 3.74. The molecular formula is C14H19N5O2. The largest absolute Gasteiger partial charge is 0.480 e. The van der Waals surface area contributed by atoms with Gasteiger partial charge in [0.2, 0.25) is 0 Å². The van der Waals surface area contributed by atoms with E-state index in [-0.39, 0.29) is 6.54 Å². The normalized spacial score (nSPS) is 17.1. The van der Waals surface area contributed by atoms with E-state index < -0.39 is 5.97 Å². The molecular weight excluding hydrogens is 270 g/mol. The van der Waals surface area contributed by atoms with Crippen LogP contribution < -0.4 is 4.90 Å². The lowest BCUT2D eigenvalue weighted by Crippen LogP contribution is -2.34. The molecule has 0 radical (unpaired) electrons. The van der Waals surface area contributed by atoms with Crippen LogP contribution >= 0.6 is 0 Å². The van der Waals surface area contributed by atoms with Gasteiger partial charge in [-0.25, -0.2) is 9.50 Å². The molecule has 1 aliphatic rings. The van der Waals surface area contributed by atoms with Crippen molar-refractivity contribution in [1.82, 2.24) is 19.5 Å². The van der Waals surface area contributed by atoms with E-state index in [1.165, 1.54) is 0 Å². The fourth-order valence-corrected chi connectivity index (χ4v) is 2.81. The first-order valence-electron chi connectivity index (χ1n) is 7.13. The Morgan fingerprint density at radius 2 is 2.19 bits per heavy atom. The van der Waals surface area contributed by atoms with Gasteiger partial charge in [0.05, 0.1) is 12.2 Å². The van der Waals surface area contributed by atoms with Crippen molar-refractivity contribution in [3.05, 3.63) is 24.2 Å². The molecule has 0 spiro atoms. The van der Waals surface area contributed by atoms with Gasteiger partial charge in [-0.2, -0.15) is 5.10 Å². The minimum absolute atomic E-state index is 0.108. The van der Waals surface area contributed by atoms with E-state index in [9.17, 15) is 4.79 Å². The Hall–Kier alpha value is -2.15. The van der Waals surface area contributed by atoms with Gasteiger partial charge in [0.25, 0.3) is 0 Å². The molecule has 0 saturated carbocycles. The Morgan fingerprint density at radius 1 is 1.33 bits per heavy atom. The monoisotopic (exact) mass is 289 g/mol. The molecule has 21 heavy (non-hydrogen) atoms. The first-order chi connectivity index (χ1) is 10.1. The van der Waals surface area contributed by atoms with Gasteiger partial charge in [-0.3, -0.25) is 9.69 Å². The minimum Gasteiger partial charge on any atom is -0.480 e. The molecule has 1 aliphatic heterocycles. The van der Waals surface area contributed by atoms with Crippen molar-refractivity contribution in [3.63, 3.8) is 0 Å². The highest BCUT2D eigenvalue weighted by molar-refractivity contribution is 5.70. The number of anilines is 1. The maximum Gasteiger partial charge on any atom is 0.317 e. The van der Waals surface area contributed by atoms with Gasteiger partial charge in [0, 0.05) is 38.6 Å². The van der Waals surface area contributed by atoms with Crippen LogP contribution in [0.15, 0.2) is 18.5 Å². The summed E-state index contributed by atoms with van der Waals surface area (Å²) in [6.07, 6.45) is 4.54. The summed E-state index contributed by atoms with van der Waals surface area (Å²) < 4.78 is 1.84. The number of fused-ring (bicyclic) bond motifs is 1. The Balaban J connectivity index is 1.81. The van der Waals surface area contributed by atoms with Gasteiger partial charge in [0.1, 0.15) is 5.52 Å². The summed E-state index contributed by atoms with van der Waals surface area (Å²) >= 11 is 0. The second-order valence-electron chi connectivity index (χ2n) is 5.38. The molecule has 0 aromatic carbocycles. The maximum absolute atomic E-state index is 10.8. The van der Waals surface area contributed by atoms with E-state index in [1.54, 1.807) is 6.20 Å². The van der Waals surface area contributed by atoms with Crippen molar-refractivity contribution in [1.29, 1.82) is 0 Å². The summed E-state index contributed by atoms with van der Waals surface area (Å²) in [4.78, 5) is 19.5. The van der Waals surface area contributed by atoms with Gasteiger partial charge in [-0.15, -0.1) is 0 Å². The first kappa shape index (κ1) is 13.8. The highest BCUT2D eigenvalue weighted by Crippen LogP contribution is 2.20. The van der Waals surface area contributed by atoms with E-state index in [0.717, 1.165) is 49.6 Å². The molecule has 1 saturated heterocycles. The van der Waals surface area contributed by atoms with Crippen LogP contribution in [0, 0.1) is 6.92 Å². The van der Waals surface area contributed by atoms with Crippen LogP contribution in [0.4, 0.5) is 5.82 Å². The Labute approximate surface area is 122 Å². The van der Waals surface area contributed by atoms with Crippen LogP contribution in [0.2, 0.25) is 0 Å². The molecule has 2 aromatic rings. The Morgan fingerprint density at radius 3 is 3.00 bits per heavy atom. The molecule has 3 heterocycles. The molecule has 2 aromatic heterocycles.